The van der Waals surface area contributed by atoms with Gasteiger partial charge in [-0.3, -0.25) is 0 Å². The topological polar surface area (TPSA) is 37.2 Å². The average molecular weight is 238 g/mol. The number of unbranched alkanes of at least 4 members (excludes halogenated alkanes) is 3. The number of aliphatic hydroxyl groups is 1. The van der Waals surface area contributed by atoms with Crippen LogP contribution in [0.1, 0.15) is 44.7 Å². The molecular weight excluding hydrogens is 212 g/mol. The van der Waals surface area contributed by atoms with Crippen LogP contribution in [-0.4, -0.2) is 22.8 Å². The highest BCUT2D eigenvalue weighted by Gasteiger charge is 1.98. The Kier molecular flexibility index (Phi) is 7.76. The van der Waals surface area contributed by atoms with Gasteiger partial charge in [0.25, 0.3) is 0 Å². The third-order valence-electron chi connectivity index (χ3n) is 2.96. The molecule has 0 amide bonds. The molecule has 3 nitrogen and oxygen atoms in total. The first kappa shape index (κ1) is 14.3. The molecule has 0 bridgehead atoms. The lowest BCUT2D eigenvalue weighted by atomic mass is 10.2. The first-order chi connectivity index (χ1) is 8.38. The Hall–Kier alpha value is -0.800. The van der Waals surface area contributed by atoms with Gasteiger partial charge < -0.3 is 15.0 Å². The summed E-state index contributed by atoms with van der Waals surface area (Å²) in [7, 11) is 0. The Morgan fingerprint density at radius 2 is 2.06 bits per heavy atom. The van der Waals surface area contributed by atoms with E-state index in [4.69, 9.17) is 5.11 Å². The molecule has 0 unspecified atom stereocenters. The van der Waals surface area contributed by atoms with Crippen LogP contribution in [0.3, 0.4) is 0 Å². The van der Waals surface area contributed by atoms with Crippen molar-refractivity contribution in [3.8, 4) is 0 Å². The monoisotopic (exact) mass is 238 g/mol. The van der Waals surface area contributed by atoms with Crippen LogP contribution in [0.25, 0.3) is 0 Å². The number of rotatable bonds is 10. The summed E-state index contributed by atoms with van der Waals surface area (Å²) in [6, 6.07) is 4.31. The lowest BCUT2D eigenvalue weighted by Crippen LogP contribution is -2.17. The third-order valence-corrected chi connectivity index (χ3v) is 2.96. The standard InChI is InChI=1S/C14H26N2O/c1-2-10-16-11-7-8-14(16)13-15-9-5-3-4-6-12-17/h7-8,11,15,17H,2-6,9-10,12-13H2,1H3. The molecule has 0 aliphatic carbocycles. The maximum atomic E-state index is 8.66. The zero-order valence-corrected chi connectivity index (χ0v) is 11.0. The van der Waals surface area contributed by atoms with Gasteiger partial charge in [-0.25, -0.2) is 0 Å². The molecule has 17 heavy (non-hydrogen) atoms. The number of aromatic nitrogens is 1. The van der Waals surface area contributed by atoms with Crippen molar-refractivity contribution in [1.29, 1.82) is 0 Å². The Balaban J connectivity index is 2.07. The SMILES string of the molecule is CCCn1cccc1CNCCCCCCO. The molecule has 1 heterocycles. The summed E-state index contributed by atoms with van der Waals surface area (Å²) in [6.07, 6.45) is 7.84. The highest BCUT2D eigenvalue weighted by molar-refractivity contribution is 5.06. The van der Waals surface area contributed by atoms with Gasteiger partial charge in [-0.15, -0.1) is 0 Å². The zero-order valence-electron chi connectivity index (χ0n) is 11.0. The zero-order chi connectivity index (χ0) is 12.3. The van der Waals surface area contributed by atoms with E-state index in [0.717, 1.165) is 32.5 Å². The van der Waals surface area contributed by atoms with Crippen molar-refractivity contribution in [2.45, 2.75) is 52.1 Å². The van der Waals surface area contributed by atoms with Gasteiger partial charge in [-0.05, 0) is 37.9 Å². The third kappa shape index (κ3) is 5.89. The molecule has 0 fully saturated rings. The summed E-state index contributed by atoms with van der Waals surface area (Å²) in [5.41, 5.74) is 1.38. The summed E-state index contributed by atoms with van der Waals surface area (Å²) < 4.78 is 2.32. The second-order valence-electron chi connectivity index (χ2n) is 4.51. The fraction of sp³-hybridized carbons (Fsp3) is 0.714. The van der Waals surface area contributed by atoms with Crippen LogP contribution in [0.4, 0.5) is 0 Å². The fourth-order valence-corrected chi connectivity index (χ4v) is 2.00. The van der Waals surface area contributed by atoms with Crippen molar-refractivity contribution in [1.82, 2.24) is 9.88 Å². The predicted molar refractivity (Wildman–Crippen MR) is 72.0 cm³/mol. The minimum absolute atomic E-state index is 0.331. The van der Waals surface area contributed by atoms with Crippen molar-refractivity contribution in [2.75, 3.05) is 13.2 Å². The van der Waals surface area contributed by atoms with Crippen LogP contribution >= 0.6 is 0 Å². The van der Waals surface area contributed by atoms with Gasteiger partial charge >= 0.3 is 0 Å². The van der Waals surface area contributed by atoms with Crippen LogP contribution in [0.15, 0.2) is 18.3 Å². The number of hydrogen-bond donors (Lipinski definition) is 2. The molecule has 98 valence electrons. The van der Waals surface area contributed by atoms with Gasteiger partial charge in [0.05, 0.1) is 0 Å². The fourth-order valence-electron chi connectivity index (χ4n) is 2.00. The van der Waals surface area contributed by atoms with Gasteiger partial charge in [0, 0.05) is 31.6 Å². The Bertz CT molecular complexity index is 284. The van der Waals surface area contributed by atoms with E-state index >= 15 is 0 Å². The van der Waals surface area contributed by atoms with Crippen molar-refractivity contribution in [3.05, 3.63) is 24.0 Å². The van der Waals surface area contributed by atoms with Gasteiger partial charge in [-0.1, -0.05) is 19.8 Å². The lowest BCUT2D eigenvalue weighted by Gasteiger charge is -2.09. The highest BCUT2D eigenvalue weighted by Crippen LogP contribution is 2.03. The molecule has 1 rings (SSSR count). The second kappa shape index (κ2) is 9.25. The van der Waals surface area contributed by atoms with E-state index in [1.54, 1.807) is 0 Å². The Labute approximate surface area is 105 Å². The molecular formula is C14H26N2O. The second-order valence-corrected chi connectivity index (χ2v) is 4.51. The minimum atomic E-state index is 0.331. The van der Waals surface area contributed by atoms with Gasteiger partial charge in [-0.2, -0.15) is 0 Å². The Morgan fingerprint density at radius 1 is 1.24 bits per heavy atom. The number of aryl methyl sites for hydroxylation is 1. The largest absolute Gasteiger partial charge is 0.396 e. The van der Waals surface area contributed by atoms with Crippen LogP contribution in [0.5, 0.6) is 0 Å². The maximum absolute atomic E-state index is 8.66. The molecule has 3 heteroatoms. The van der Waals surface area contributed by atoms with E-state index in [9.17, 15) is 0 Å². The van der Waals surface area contributed by atoms with E-state index in [0.29, 0.717) is 6.61 Å². The van der Waals surface area contributed by atoms with Crippen molar-refractivity contribution < 1.29 is 5.11 Å². The highest BCUT2D eigenvalue weighted by atomic mass is 16.2. The number of aliphatic hydroxyl groups excluding tert-OH is 1. The van der Waals surface area contributed by atoms with Gasteiger partial charge in [0.1, 0.15) is 0 Å². The molecule has 0 saturated carbocycles. The van der Waals surface area contributed by atoms with Crippen LogP contribution in [-0.2, 0) is 13.1 Å². The summed E-state index contributed by atoms with van der Waals surface area (Å²) in [6.45, 7) is 5.69. The summed E-state index contributed by atoms with van der Waals surface area (Å²) in [4.78, 5) is 0. The van der Waals surface area contributed by atoms with E-state index < -0.39 is 0 Å². The summed E-state index contributed by atoms with van der Waals surface area (Å²) in [5.74, 6) is 0. The maximum Gasteiger partial charge on any atom is 0.0431 e. The number of nitrogens with zero attached hydrogens (tertiary/aromatic N) is 1. The minimum Gasteiger partial charge on any atom is -0.396 e. The smallest absolute Gasteiger partial charge is 0.0431 e. The van der Waals surface area contributed by atoms with E-state index in [-0.39, 0.29) is 0 Å². The van der Waals surface area contributed by atoms with Crippen LogP contribution in [0.2, 0.25) is 0 Å². The van der Waals surface area contributed by atoms with Crippen molar-refractivity contribution in [3.63, 3.8) is 0 Å². The molecule has 0 saturated heterocycles. The molecule has 0 aliphatic rings. The molecule has 0 aliphatic heterocycles. The summed E-state index contributed by atoms with van der Waals surface area (Å²) in [5, 5.41) is 12.1. The molecule has 1 aromatic heterocycles. The molecule has 0 atom stereocenters. The molecule has 0 spiro atoms. The summed E-state index contributed by atoms with van der Waals surface area (Å²) >= 11 is 0. The van der Waals surface area contributed by atoms with E-state index in [2.05, 4.69) is 35.1 Å². The average Bonchev–Trinajstić information content (AvgIpc) is 2.76. The quantitative estimate of drug-likeness (QED) is 0.615. The number of hydrogen-bond acceptors (Lipinski definition) is 2. The Morgan fingerprint density at radius 3 is 2.82 bits per heavy atom. The van der Waals surface area contributed by atoms with E-state index in [1.165, 1.54) is 25.0 Å². The molecule has 1 aromatic rings. The first-order valence-electron chi connectivity index (χ1n) is 6.84. The lowest BCUT2D eigenvalue weighted by molar-refractivity contribution is 0.282. The number of nitrogens with one attached hydrogen (secondary N) is 1. The normalized spacial score (nSPS) is 10.9. The first-order valence-corrected chi connectivity index (χ1v) is 6.84. The van der Waals surface area contributed by atoms with Gasteiger partial charge in [0.15, 0.2) is 0 Å². The molecule has 2 N–H and O–H groups in total. The molecule has 0 radical (unpaired) electrons. The molecule has 0 aromatic carbocycles. The van der Waals surface area contributed by atoms with Crippen molar-refractivity contribution in [2.24, 2.45) is 0 Å². The van der Waals surface area contributed by atoms with Crippen LogP contribution in [0, 0.1) is 0 Å². The van der Waals surface area contributed by atoms with Crippen LogP contribution < -0.4 is 5.32 Å². The predicted octanol–water partition coefficient (Wildman–Crippen LogP) is 2.54. The van der Waals surface area contributed by atoms with Gasteiger partial charge in [0.2, 0.25) is 0 Å². The van der Waals surface area contributed by atoms with E-state index in [1.807, 2.05) is 0 Å². The van der Waals surface area contributed by atoms with Crippen molar-refractivity contribution >= 4 is 0 Å².